The number of aliphatic hydroxyl groups excluding tert-OH is 1. The zero-order valence-electron chi connectivity index (χ0n) is 14.6. The average molecular weight is 309 g/mol. The van der Waals surface area contributed by atoms with Gasteiger partial charge in [-0.2, -0.15) is 0 Å². The molecule has 0 unspecified atom stereocenters. The molecule has 0 aromatic heterocycles. The maximum atomic E-state index is 9.70. The summed E-state index contributed by atoms with van der Waals surface area (Å²) in [5.74, 6) is 2.58. The highest BCUT2D eigenvalue weighted by atomic mass is 16.3. The third-order valence-corrected chi connectivity index (χ3v) is 4.54. The molecular weight excluding hydrogens is 268 g/mol. The van der Waals surface area contributed by atoms with Crippen LogP contribution in [0.5, 0.6) is 0 Å². The molecule has 0 amide bonds. The van der Waals surface area contributed by atoms with Crippen molar-refractivity contribution in [3.8, 4) is 0 Å². The van der Waals surface area contributed by atoms with E-state index < -0.39 is 0 Å². The molecule has 2 aliphatic rings. The van der Waals surface area contributed by atoms with Gasteiger partial charge in [0.25, 0.3) is 0 Å². The van der Waals surface area contributed by atoms with Gasteiger partial charge in [-0.1, -0.05) is 59.4 Å². The van der Waals surface area contributed by atoms with Crippen molar-refractivity contribution in [2.75, 3.05) is 0 Å². The van der Waals surface area contributed by atoms with Crippen molar-refractivity contribution in [1.82, 2.24) is 0 Å². The number of rotatable bonds is 4. The molecule has 0 bridgehead atoms. The van der Waals surface area contributed by atoms with E-state index in [1.165, 1.54) is 38.5 Å². The third-order valence-electron chi connectivity index (χ3n) is 4.54. The van der Waals surface area contributed by atoms with Crippen molar-refractivity contribution >= 4 is 0 Å². The lowest BCUT2D eigenvalue weighted by Crippen LogP contribution is -2.25. The summed E-state index contributed by atoms with van der Waals surface area (Å²) in [4.78, 5) is 0. The van der Waals surface area contributed by atoms with Gasteiger partial charge in [0.15, 0.2) is 0 Å². The van der Waals surface area contributed by atoms with Gasteiger partial charge in [0, 0.05) is 5.92 Å². The van der Waals surface area contributed by atoms with Crippen molar-refractivity contribution < 1.29 is 5.11 Å². The topological polar surface area (TPSA) is 20.2 Å². The first-order chi connectivity index (χ1) is 10.0. The van der Waals surface area contributed by atoms with Crippen LogP contribution in [0, 0.1) is 23.7 Å². The highest BCUT2D eigenvalue weighted by Gasteiger charge is 2.20. The van der Waals surface area contributed by atoms with Crippen LogP contribution in [0.1, 0.15) is 80.1 Å². The molecule has 1 N–H and O–H groups in total. The predicted octanol–water partition coefficient (Wildman–Crippen LogP) is 6.38. The summed E-state index contributed by atoms with van der Waals surface area (Å²) in [6.45, 7) is 8.77. The summed E-state index contributed by atoms with van der Waals surface area (Å²) in [6, 6.07) is 0. The van der Waals surface area contributed by atoms with Crippen molar-refractivity contribution in [2.45, 2.75) is 86.2 Å². The van der Waals surface area contributed by atoms with Crippen LogP contribution in [0.3, 0.4) is 0 Å². The number of hydrogen-bond donors (Lipinski definition) is 1. The standard InChI is InChI=1S/C10H18O.C10H18.CH4/c1-8(2)10(11)9-6-4-3-5-7-9;1-9(2)8-10-6-4-3-5-7-10;/h4,6,8-11H,3,5,7H2,1-2H3;4,6,9-10H,3,5,7-8H2,1-2H3;1H4/t9-,10-;10-;/m11./s1. The Morgan fingerprint density at radius 3 is 1.95 bits per heavy atom. The molecule has 0 aromatic rings. The molecule has 0 spiro atoms. The molecule has 0 heterocycles. The Labute approximate surface area is 139 Å². The van der Waals surface area contributed by atoms with Crippen LogP contribution in [-0.4, -0.2) is 11.2 Å². The molecule has 3 atom stereocenters. The van der Waals surface area contributed by atoms with E-state index in [2.05, 4.69) is 52.0 Å². The van der Waals surface area contributed by atoms with Gasteiger partial charge in [-0.25, -0.2) is 0 Å². The normalized spacial score (nSPS) is 25.4. The quantitative estimate of drug-likeness (QED) is 0.597. The second-order valence-corrected chi connectivity index (χ2v) is 7.51. The lowest BCUT2D eigenvalue weighted by molar-refractivity contribution is 0.0780. The SMILES string of the molecule is C.CC(C)C[C@@H]1C=CCCC1.CC(C)[C@@H](O)[C@@H]1C=CCCC1. The monoisotopic (exact) mass is 308 g/mol. The lowest BCUT2D eigenvalue weighted by atomic mass is 9.86. The molecule has 0 saturated carbocycles. The van der Waals surface area contributed by atoms with Crippen LogP contribution in [0.2, 0.25) is 0 Å². The molecule has 0 radical (unpaired) electrons. The maximum Gasteiger partial charge on any atom is 0.0625 e. The highest BCUT2D eigenvalue weighted by molar-refractivity contribution is 4.96. The minimum Gasteiger partial charge on any atom is -0.392 e. The van der Waals surface area contributed by atoms with Crippen LogP contribution in [-0.2, 0) is 0 Å². The van der Waals surface area contributed by atoms with Gasteiger partial charge in [-0.3, -0.25) is 0 Å². The third kappa shape index (κ3) is 8.78. The zero-order valence-corrected chi connectivity index (χ0v) is 14.6. The Bertz CT molecular complexity index is 314. The number of hydrogen-bond acceptors (Lipinski definition) is 1. The molecule has 1 nitrogen and oxygen atoms in total. The fourth-order valence-electron chi connectivity index (χ4n) is 3.30. The summed E-state index contributed by atoms with van der Waals surface area (Å²) in [5.41, 5.74) is 0. The Hall–Kier alpha value is -0.560. The van der Waals surface area contributed by atoms with E-state index in [0.29, 0.717) is 11.8 Å². The Morgan fingerprint density at radius 1 is 0.955 bits per heavy atom. The summed E-state index contributed by atoms with van der Waals surface area (Å²) < 4.78 is 0. The van der Waals surface area contributed by atoms with Gasteiger partial charge in [0.05, 0.1) is 6.10 Å². The minimum atomic E-state index is -0.133. The molecule has 0 aliphatic heterocycles. The van der Waals surface area contributed by atoms with Gasteiger partial charge in [-0.05, 0) is 62.7 Å². The van der Waals surface area contributed by atoms with E-state index in [1.54, 1.807) is 0 Å². The summed E-state index contributed by atoms with van der Waals surface area (Å²) in [5, 5.41) is 9.70. The number of allylic oxidation sites excluding steroid dienone is 3. The molecule has 0 aromatic carbocycles. The van der Waals surface area contributed by atoms with Crippen LogP contribution >= 0.6 is 0 Å². The van der Waals surface area contributed by atoms with Crippen molar-refractivity contribution in [3.63, 3.8) is 0 Å². The van der Waals surface area contributed by atoms with E-state index in [-0.39, 0.29) is 13.5 Å². The number of aliphatic hydroxyl groups is 1. The fourth-order valence-corrected chi connectivity index (χ4v) is 3.30. The first-order valence-corrected chi connectivity index (χ1v) is 9.02. The van der Waals surface area contributed by atoms with Gasteiger partial charge in [0.2, 0.25) is 0 Å². The molecule has 2 rings (SSSR count). The van der Waals surface area contributed by atoms with Crippen LogP contribution in [0.15, 0.2) is 24.3 Å². The van der Waals surface area contributed by atoms with Crippen LogP contribution < -0.4 is 0 Å². The Kier molecular flexibility index (Phi) is 11.6. The largest absolute Gasteiger partial charge is 0.392 e. The van der Waals surface area contributed by atoms with E-state index in [9.17, 15) is 5.11 Å². The zero-order chi connectivity index (χ0) is 15.7. The molecule has 0 fully saturated rings. The van der Waals surface area contributed by atoms with E-state index >= 15 is 0 Å². The van der Waals surface area contributed by atoms with Gasteiger partial charge >= 0.3 is 0 Å². The van der Waals surface area contributed by atoms with Crippen molar-refractivity contribution in [1.29, 1.82) is 0 Å². The smallest absolute Gasteiger partial charge is 0.0625 e. The maximum absolute atomic E-state index is 9.70. The molecule has 1 heteroatoms. The Morgan fingerprint density at radius 2 is 1.55 bits per heavy atom. The highest BCUT2D eigenvalue weighted by Crippen LogP contribution is 2.24. The summed E-state index contributed by atoms with van der Waals surface area (Å²) in [6.07, 6.45) is 18.1. The van der Waals surface area contributed by atoms with Gasteiger partial charge < -0.3 is 5.11 Å². The van der Waals surface area contributed by atoms with Crippen molar-refractivity contribution in [2.24, 2.45) is 23.7 Å². The Balaban J connectivity index is 0.000000385. The van der Waals surface area contributed by atoms with E-state index in [0.717, 1.165) is 18.3 Å². The average Bonchev–Trinajstić information content (AvgIpc) is 2.48. The predicted molar refractivity (Wildman–Crippen MR) is 100.0 cm³/mol. The first kappa shape index (κ1) is 21.4. The summed E-state index contributed by atoms with van der Waals surface area (Å²) in [7, 11) is 0. The second-order valence-electron chi connectivity index (χ2n) is 7.51. The lowest BCUT2D eigenvalue weighted by Gasteiger charge is -2.24. The molecule has 0 saturated heterocycles. The summed E-state index contributed by atoms with van der Waals surface area (Å²) >= 11 is 0. The van der Waals surface area contributed by atoms with Gasteiger partial charge in [-0.15, -0.1) is 0 Å². The molecule has 22 heavy (non-hydrogen) atoms. The van der Waals surface area contributed by atoms with E-state index in [4.69, 9.17) is 0 Å². The first-order valence-electron chi connectivity index (χ1n) is 9.02. The second kappa shape index (κ2) is 11.9. The fraction of sp³-hybridized carbons (Fsp3) is 0.810. The molecule has 2 aliphatic carbocycles. The van der Waals surface area contributed by atoms with Gasteiger partial charge in [0.1, 0.15) is 0 Å². The van der Waals surface area contributed by atoms with Crippen LogP contribution in [0.4, 0.5) is 0 Å². The molecule has 130 valence electrons. The van der Waals surface area contributed by atoms with Crippen LogP contribution in [0.25, 0.3) is 0 Å². The van der Waals surface area contributed by atoms with E-state index in [1.807, 2.05) is 0 Å². The van der Waals surface area contributed by atoms with Crippen molar-refractivity contribution in [3.05, 3.63) is 24.3 Å². The molecular formula is C21H40O. The minimum absolute atomic E-state index is 0.